The van der Waals surface area contributed by atoms with E-state index in [4.69, 9.17) is 0 Å². The number of rotatable bonds is 2. The molecular formula is C12H15ClF4N2. The summed E-state index contributed by atoms with van der Waals surface area (Å²) >= 11 is 0. The average molecular weight is 299 g/mol. The van der Waals surface area contributed by atoms with Crippen LogP contribution in [-0.2, 0) is 12.7 Å². The largest absolute Gasteiger partial charge is 0.416 e. The maximum absolute atomic E-state index is 12.9. The van der Waals surface area contributed by atoms with E-state index in [-0.39, 0.29) is 24.5 Å². The molecule has 1 aliphatic rings. The second kappa shape index (κ2) is 6.54. The number of nitrogens with one attached hydrogen (secondary N) is 1. The zero-order valence-corrected chi connectivity index (χ0v) is 11.0. The summed E-state index contributed by atoms with van der Waals surface area (Å²) in [5.41, 5.74) is -0.744. The summed E-state index contributed by atoms with van der Waals surface area (Å²) in [4.78, 5) is 1.93. The van der Waals surface area contributed by atoms with E-state index in [9.17, 15) is 17.6 Å². The lowest BCUT2D eigenvalue weighted by Gasteiger charge is -2.28. The Bertz CT molecular complexity index is 417. The van der Waals surface area contributed by atoms with Gasteiger partial charge < -0.3 is 5.32 Å². The normalized spacial score (nSPS) is 17.1. The van der Waals surface area contributed by atoms with Crippen LogP contribution in [0.1, 0.15) is 11.1 Å². The number of alkyl halides is 3. The van der Waals surface area contributed by atoms with Crippen LogP contribution in [0, 0.1) is 5.82 Å². The molecule has 1 fully saturated rings. The third-order valence-electron chi connectivity index (χ3n) is 2.98. The minimum Gasteiger partial charge on any atom is -0.314 e. The minimum atomic E-state index is -4.51. The standard InChI is InChI=1S/C12H14F4N2.ClH/c13-10-2-1-9(11(7-10)12(14,15)16)8-18-5-3-17-4-6-18;/h1-2,7,17H,3-6,8H2;1H. The molecule has 1 saturated heterocycles. The van der Waals surface area contributed by atoms with Crippen molar-refractivity contribution < 1.29 is 17.6 Å². The Balaban J connectivity index is 0.00000180. The van der Waals surface area contributed by atoms with Gasteiger partial charge in [-0.1, -0.05) is 6.07 Å². The SMILES string of the molecule is Cl.Fc1ccc(CN2CCNCC2)c(C(F)(F)F)c1. The summed E-state index contributed by atoms with van der Waals surface area (Å²) in [7, 11) is 0. The Morgan fingerprint density at radius 2 is 1.79 bits per heavy atom. The lowest BCUT2D eigenvalue weighted by molar-refractivity contribution is -0.138. The first kappa shape index (κ1) is 16.2. The molecule has 108 valence electrons. The van der Waals surface area contributed by atoms with Crippen molar-refractivity contribution in [1.29, 1.82) is 0 Å². The minimum absolute atomic E-state index is 0. The fourth-order valence-electron chi connectivity index (χ4n) is 2.06. The second-order valence-electron chi connectivity index (χ2n) is 4.33. The molecule has 7 heteroatoms. The lowest BCUT2D eigenvalue weighted by atomic mass is 10.1. The van der Waals surface area contributed by atoms with Crippen molar-refractivity contribution in [3.8, 4) is 0 Å². The zero-order chi connectivity index (χ0) is 13.2. The van der Waals surface area contributed by atoms with Gasteiger partial charge in [0.1, 0.15) is 5.82 Å². The predicted octanol–water partition coefficient (Wildman–Crippen LogP) is 2.67. The van der Waals surface area contributed by atoms with E-state index in [0.29, 0.717) is 19.2 Å². The Hall–Kier alpha value is -0.850. The third kappa shape index (κ3) is 4.33. The van der Waals surface area contributed by atoms with E-state index >= 15 is 0 Å². The number of halogens is 5. The molecule has 0 atom stereocenters. The quantitative estimate of drug-likeness (QED) is 0.845. The molecule has 0 radical (unpaired) electrons. The molecule has 19 heavy (non-hydrogen) atoms. The molecule has 1 aromatic rings. The maximum Gasteiger partial charge on any atom is 0.416 e. The molecule has 0 aromatic heterocycles. The van der Waals surface area contributed by atoms with Crippen LogP contribution in [0.5, 0.6) is 0 Å². The van der Waals surface area contributed by atoms with Crippen molar-refractivity contribution in [2.75, 3.05) is 26.2 Å². The summed E-state index contributed by atoms with van der Waals surface area (Å²) in [6.07, 6.45) is -4.51. The summed E-state index contributed by atoms with van der Waals surface area (Å²) in [5.74, 6) is -0.855. The van der Waals surface area contributed by atoms with E-state index in [2.05, 4.69) is 5.32 Å². The van der Waals surface area contributed by atoms with Crippen molar-refractivity contribution >= 4 is 12.4 Å². The van der Waals surface area contributed by atoms with Gasteiger partial charge in [0.15, 0.2) is 0 Å². The van der Waals surface area contributed by atoms with Gasteiger partial charge >= 0.3 is 6.18 Å². The molecule has 2 rings (SSSR count). The highest BCUT2D eigenvalue weighted by Gasteiger charge is 2.34. The van der Waals surface area contributed by atoms with Crippen molar-refractivity contribution in [1.82, 2.24) is 10.2 Å². The van der Waals surface area contributed by atoms with Crippen LogP contribution >= 0.6 is 12.4 Å². The molecule has 1 N–H and O–H groups in total. The van der Waals surface area contributed by atoms with E-state index in [1.54, 1.807) is 0 Å². The smallest absolute Gasteiger partial charge is 0.314 e. The van der Waals surface area contributed by atoms with Gasteiger partial charge in [-0.2, -0.15) is 13.2 Å². The summed E-state index contributed by atoms with van der Waals surface area (Å²) in [6.45, 7) is 3.14. The first-order valence-corrected chi connectivity index (χ1v) is 5.75. The molecule has 0 aliphatic carbocycles. The van der Waals surface area contributed by atoms with Gasteiger partial charge in [-0.15, -0.1) is 12.4 Å². The van der Waals surface area contributed by atoms with Crippen molar-refractivity contribution in [2.24, 2.45) is 0 Å². The highest BCUT2D eigenvalue weighted by molar-refractivity contribution is 5.85. The first-order chi connectivity index (χ1) is 8.47. The van der Waals surface area contributed by atoms with Gasteiger partial charge in [-0.05, 0) is 17.7 Å². The van der Waals surface area contributed by atoms with E-state index < -0.39 is 17.6 Å². The van der Waals surface area contributed by atoms with E-state index in [1.165, 1.54) is 6.07 Å². The number of hydrogen-bond acceptors (Lipinski definition) is 2. The van der Waals surface area contributed by atoms with Crippen molar-refractivity contribution in [2.45, 2.75) is 12.7 Å². The lowest BCUT2D eigenvalue weighted by Crippen LogP contribution is -2.43. The molecule has 0 amide bonds. The average Bonchev–Trinajstić information content (AvgIpc) is 2.31. The van der Waals surface area contributed by atoms with Crippen molar-refractivity contribution in [3.05, 3.63) is 35.1 Å². The highest BCUT2D eigenvalue weighted by Crippen LogP contribution is 2.33. The molecule has 0 spiro atoms. The third-order valence-corrected chi connectivity index (χ3v) is 2.98. The molecule has 0 bridgehead atoms. The van der Waals surface area contributed by atoms with Gasteiger partial charge in [0, 0.05) is 32.7 Å². The van der Waals surface area contributed by atoms with E-state index in [1.807, 2.05) is 4.90 Å². The van der Waals surface area contributed by atoms with Gasteiger partial charge in [0.05, 0.1) is 5.56 Å². The van der Waals surface area contributed by atoms with Crippen LogP contribution in [-0.4, -0.2) is 31.1 Å². The van der Waals surface area contributed by atoms with Crippen LogP contribution in [0.3, 0.4) is 0 Å². The molecule has 0 unspecified atom stereocenters. The molecule has 1 heterocycles. The van der Waals surface area contributed by atoms with Crippen molar-refractivity contribution in [3.63, 3.8) is 0 Å². The van der Waals surface area contributed by atoms with Gasteiger partial charge in [-0.25, -0.2) is 4.39 Å². The Morgan fingerprint density at radius 1 is 1.16 bits per heavy atom. The number of hydrogen-bond donors (Lipinski definition) is 1. The molecule has 1 aromatic carbocycles. The number of benzene rings is 1. The summed E-state index contributed by atoms with van der Waals surface area (Å²) < 4.78 is 51.3. The zero-order valence-electron chi connectivity index (χ0n) is 10.1. The van der Waals surface area contributed by atoms with Gasteiger partial charge in [0.25, 0.3) is 0 Å². The maximum atomic E-state index is 12.9. The molecular weight excluding hydrogens is 284 g/mol. The van der Waals surface area contributed by atoms with Gasteiger partial charge in [0.2, 0.25) is 0 Å². The highest BCUT2D eigenvalue weighted by atomic mass is 35.5. The fourth-order valence-corrected chi connectivity index (χ4v) is 2.06. The predicted molar refractivity (Wildman–Crippen MR) is 66.8 cm³/mol. The summed E-state index contributed by atoms with van der Waals surface area (Å²) in [5, 5.41) is 3.13. The van der Waals surface area contributed by atoms with Crippen LogP contribution < -0.4 is 5.32 Å². The van der Waals surface area contributed by atoms with Crippen LogP contribution in [0.15, 0.2) is 18.2 Å². The molecule has 0 saturated carbocycles. The monoisotopic (exact) mass is 298 g/mol. The Morgan fingerprint density at radius 3 is 2.37 bits per heavy atom. The topological polar surface area (TPSA) is 15.3 Å². The van der Waals surface area contributed by atoms with Gasteiger partial charge in [-0.3, -0.25) is 4.90 Å². The number of piperazine rings is 1. The van der Waals surface area contributed by atoms with E-state index in [0.717, 1.165) is 19.2 Å². The first-order valence-electron chi connectivity index (χ1n) is 5.75. The number of nitrogens with zero attached hydrogens (tertiary/aromatic N) is 1. The van der Waals surface area contributed by atoms with Crippen LogP contribution in [0.4, 0.5) is 17.6 Å². The Kier molecular flexibility index (Phi) is 5.58. The van der Waals surface area contributed by atoms with Crippen LogP contribution in [0.25, 0.3) is 0 Å². The fraction of sp³-hybridized carbons (Fsp3) is 0.500. The summed E-state index contributed by atoms with van der Waals surface area (Å²) in [6, 6.07) is 2.87. The Labute approximate surface area is 115 Å². The molecule has 2 nitrogen and oxygen atoms in total. The molecule has 1 aliphatic heterocycles. The second-order valence-corrected chi connectivity index (χ2v) is 4.33. The van der Waals surface area contributed by atoms with Crippen LogP contribution in [0.2, 0.25) is 0 Å².